The molecule has 0 aromatic heterocycles. The summed E-state index contributed by atoms with van der Waals surface area (Å²) in [6.45, 7) is 5.18. The number of halogens is 4. The number of methoxy groups -OCH3 is 1. The summed E-state index contributed by atoms with van der Waals surface area (Å²) < 4.78 is 83.1. The van der Waals surface area contributed by atoms with Crippen molar-refractivity contribution < 1.29 is 95.3 Å². The number of esters is 3. The molecule has 10 N–H and O–H groups in total. The fourth-order valence-electron chi connectivity index (χ4n) is 5.88. The molecular formula is C33H59F4N3O16. The number of carbonyl (C=O) groups is 6. The summed E-state index contributed by atoms with van der Waals surface area (Å²) in [5.41, 5.74) is 11.4. The first kappa shape index (κ1) is 56.9. The lowest BCUT2D eigenvalue weighted by atomic mass is 9.78. The highest BCUT2D eigenvalue weighted by Crippen LogP contribution is 2.42. The molecule has 2 aliphatic heterocycles. The van der Waals surface area contributed by atoms with Crippen LogP contribution in [0.5, 0.6) is 0 Å². The molecule has 0 radical (unpaired) electrons. The maximum Gasteiger partial charge on any atom is 0.393 e. The van der Waals surface area contributed by atoms with E-state index in [-0.39, 0.29) is 27.7 Å². The second kappa shape index (κ2) is 25.0. The number of aliphatic hydroxyl groups excluding tert-OH is 4. The average molecular weight is 830 g/mol. The van der Waals surface area contributed by atoms with Crippen LogP contribution in [-0.2, 0) is 57.3 Å². The van der Waals surface area contributed by atoms with Crippen molar-refractivity contribution in [3.8, 4) is 0 Å². The van der Waals surface area contributed by atoms with Crippen molar-refractivity contribution in [3.05, 3.63) is 0 Å². The van der Waals surface area contributed by atoms with Gasteiger partial charge in [0.05, 0.1) is 19.8 Å². The number of hydrogen-bond acceptors (Lipinski definition) is 19. The van der Waals surface area contributed by atoms with Crippen molar-refractivity contribution in [3.63, 3.8) is 0 Å². The predicted molar refractivity (Wildman–Crippen MR) is 185 cm³/mol. The van der Waals surface area contributed by atoms with Gasteiger partial charge in [0.1, 0.15) is 36.0 Å². The molecule has 0 spiro atoms. The van der Waals surface area contributed by atoms with Crippen molar-refractivity contribution in [2.24, 2.45) is 29.2 Å². The van der Waals surface area contributed by atoms with Crippen molar-refractivity contribution in [1.82, 2.24) is 0 Å². The first-order valence-corrected chi connectivity index (χ1v) is 16.3. The number of aliphatic hydroxyl groups is 4. The van der Waals surface area contributed by atoms with Gasteiger partial charge in [-0.3, -0.25) is 9.59 Å². The molecule has 0 amide bonds. The number of ether oxygens (including phenoxy) is 5. The highest BCUT2D eigenvalue weighted by atomic mass is 19.2. The monoisotopic (exact) mass is 829 g/mol. The van der Waals surface area contributed by atoms with E-state index in [0.29, 0.717) is 0 Å². The van der Waals surface area contributed by atoms with Crippen LogP contribution in [0.25, 0.3) is 0 Å². The van der Waals surface area contributed by atoms with Gasteiger partial charge in [-0.25, -0.2) is 18.4 Å². The maximum atomic E-state index is 15.2. The minimum absolute atomic E-state index is 0. The third-order valence-electron chi connectivity index (χ3n) is 8.36. The van der Waals surface area contributed by atoms with E-state index in [9.17, 15) is 52.2 Å². The number of Topliss-reactive ketones (excluding diaryl/α,β-unsaturated/α-hetero) is 2. The van der Waals surface area contributed by atoms with Crippen LogP contribution < -0.4 is 17.4 Å². The molecule has 2 saturated heterocycles. The smallest absolute Gasteiger partial charge is 0.393 e. The zero-order valence-electron chi connectivity index (χ0n) is 30.7. The SMILES string of the molecule is C.C.CC(=O)C[C@H]1C([C@H](O)[C@H](O)CO)O[C@@](F)(C(=O)ON)C(F)[C@H]1N.CC[C@@H](OC(C)=O)[C@@H](OC(C)=O)C1O[C@@](F)(C(=O)OC)C(F)[C@@H](N)[C@H]1CC(C)=O.CO. The van der Waals surface area contributed by atoms with Crippen LogP contribution in [0.15, 0.2) is 0 Å². The Hall–Kier alpha value is -3.42. The van der Waals surface area contributed by atoms with Gasteiger partial charge in [-0.2, -0.15) is 14.7 Å². The van der Waals surface area contributed by atoms with Gasteiger partial charge in [-0.05, 0) is 20.3 Å². The first-order valence-electron chi connectivity index (χ1n) is 16.3. The Morgan fingerprint density at radius 1 is 0.768 bits per heavy atom. The number of nitrogens with two attached hydrogens (primary N) is 3. The molecule has 2 heterocycles. The van der Waals surface area contributed by atoms with Crippen LogP contribution in [0.2, 0.25) is 0 Å². The summed E-state index contributed by atoms with van der Waals surface area (Å²) in [6.07, 6.45) is -15.7. The summed E-state index contributed by atoms with van der Waals surface area (Å²) in [5.74, 6) is -11.2. The number of rotatable bonds is 14. The number of carbonyl (C=O) groups excluding carboxylic acids is 6. The van der Waals surface area contributed by atoms with E-state index in [2.05, 4.69) is 20.2 Å². The van der Waals surface area contributed by atoms with Crippen molar-refractivity contribution in [1.29, 1.82) is 0 Å². The lowest BCUT2D eigenvalue weighted by Gasteiger charge is -2.47. The highest BCUT2D eigenvalue weighted by molar-refractivity contribution is 5.80. The third kappa shape index (κ3) is 13.9. The minimum atomic E-state index is -3.72. The molecule has 0 bridgehead atoms. The highest BCUT2D eigenvalue weighted by Gasteiger charge is 2.64. The van der Waals surface area contributed by atoms with E-state index in [4.69, 9.17) is 35.9 Å². The van der Waals surface area contributed by atoms with Gasteiger partial charge < -0.3 is 70.0 Å². The molecule has 330 valence electrons. The van der Waals surface area contributed by atoms with E-state index < -0.39 is 133 Å². The molecular weight excluding hydrogens is 770 g/mol. The Morgan fingerprint density at radius 3 is 1.50 bits per heavy atom. The summed E-state index contributed by atoms with van der Waals surface area (Å²) in [4.78, 5) is 73.0. The van der Waals surface area contributed by atoms with E-state index in [0.717, 1.165) is 35.0 Å². The standard InChI is InChI=1S/C18H27F2NO8.C12H20F2N2O7.CH4O.2CH4/c1-6-12(27-9(3)23)15(28-10(4)24)14-11(7-8(2)22)13(21)16(19)18(20,29-14)17(25)26-5;1-4(18)2-5-7(15)10(13)12(14,11(21)23-16)22-9(5)8(20)6(19)3-17;1-2;;/h11-16H,6-7,21H2,1-5H3;5-10,17,19-20H,2-3,15-16H2,1H3;2H,1H3;2*1H4/t11-,12-,13+,14?,15-,16?,18-;5-,6-,7+,8-,9?,10?,12-;;;/m11.../s1. The zero-order valence-corrected chi connectivity index (χ0v) is 30.7. The molecule has 2 aliphatic rings. The molecule has 0 aliphatic carbocycles. The Balaban J connectivity index is -0.000000948. The second-order valence-corrected chi connectivity index (χ2v) is 12.3. The molecule has 23 heteroatoms. The van der Waals surface area contributed by atoms with Crippen LogP contribution in [0.4, 0.5) is 17.6 Å². The molecule has 4 unspecified atom stereocenters. The van der Waals surface area contributed by atoms with Crippen LogP contribution in [0.1, 0.15) is 68.7 Å². The van der Waals surface area contributed by atoms with Crippen LogP contribution >= 0.6 is 0 Å². The van der Waals surface area contributed by atoms with E-state index >= 15 is 4.39 Å². The average Bonchev–Trinajstić information content (AvgIpc) is 3.12. The fraction of sp³-hybridized carbons (Fsp3) is 0.818. The van der Waals surface area contributed by atoms with E-state index in [1.165, 1.54) is 6.92 Å². The van der Waals surface area contributed by atoms with Crippen LogP contribution in [0.3, 0.4) is 0 Å². The quantitative estimate of drug-likeness (QED) is 0.0482. The van der Waals surface area contributed by atoms with Crippen LogP contribution in [-0.4, -0.2) is 149 Å². The zero-order chi connectivity index (χ0) is 42.5. The lowest BCUT2D eigenvalue weighted by Crippen LogP contribution is -2.68. The van der Waals surface area contributed by atoms with Gasteiger partial charge in [-0.1, -0.05) is 21.8 Å². The van der Waals surface area contributed by atoms with Gasteiger partial charge in [-0.15, -0.1) is 0 Å². The van der Waals surface area contributed by atoms with E-state index in [1.54, 1.807) is 6.92 Å². The van der Waals surface area contributed by atoms with Crippen molar-refractivity contribution >= 4 is 35.4 Å². The molecule has 2 rings (SSSR count). The normalized spacial score (nSPS) is 31.5. The van der Waals surface area contributed by atoms with Gasteiger partial charge in [0.15, 0.2) is 18.4 Å². The van der Waals surface area contributed by atoms with Gasteiger partial charge in [0.2, 0.25) is 0 Å². The summed E-state index contributed by atoms with van der Waals surface area (Å²) in [6, 6.07) is -3.41. The topological polar surface area (TPSA) is 317 Å². The summed E-state index contributed by atoms with van der Waals surface area (Å²) in [7, 11) is 1.83. The van der Waals surface area contributed by atoms with Crippen molar-refractivity contribution in [2.75, 3.05) is 20.8 Å². The molecule has 0 aromatic rings. The molecule has 56 heavy (non-hydrogen) atoms. The molecule has 0 saturated carbocycles. The lowest BCUT2D eigenvalue weighted by molar-refractivity contribution is -0.287. The first-order chi connectivity index (χ1) is 25.0. The summed E-state index contributed by atoms with van der Waals surface area (Å²) >= 11 is 0. The Morgan fingerprint density at radius 2 is 1.16 bits per heavy atom. The fourth-order valence-corrected chi connectivity index (χ4v) is 5.88. The molecule has 2 fully saturated rings. The summed E-state index contributed by atoms with van der Waals surface area (Å²) in [5, 5.41) is 35.3. The third-order valence-corrected chi connectivity index (χ3v) is 8.36. The van der Waals surface area contributed by atoms with Gasteiger partial charge in [0.25, 0.3) is 0 Å². The Bertz CT molecular complexity index is 1290. The molecule has 0 aromatic carbocycles. The maximum absolute atomic E-state index is 15.2. The predicted octanol–water partition coefficient (Wildman–Crippen LogP) is -0.918. The largest absolute Gasteiger partial charge is 0.465 e. The Kier molecular flexibility index (Phi) is 25.5. The Labute approximate surface area is 322 Å². The molecule has 14 atom stereocenters. The number of ketones is 2. The molecule has 19 nitrogen and oxygen atoms in total. The number of hydrogen-bond donors (Lipinski definition) is 7. The van der Waals surface area contributed by atoms with E-state index in [1.807, 2.05) is 0 Å². The number of alkyl halides is 4. The van der Waals surface area contributed by atoms with Crippen LogP contribution in [0, 0.1) is 11.8 Å². The minimum Gasteiger partial charge on any atom is -0.465 e. The van der Waals surface area contributed by atoms with Crippen molar-refractivity contribution in [2.45, 2.75) is 141 Å². The van der Waals surface area contributed by atoms with Gasteiger partial charge >= 0.3 is 35.6 Å². The second-order valence-electron chi connectivity index (χ2n) is 12.3. The van der Waals surface area contributed by atoms with Gasteiger partial charge in [0, 0.05) is 57.7 Å².